The standard InChI is InChI=1S/C21H20N4O3S2/c1-3-25-18-10-5-4-7-14(18)11-19(25)21-23-17(13-29-21)20(26)22-15-8-6-9-16(12-15)24-30(2,27)28/h4-13,24H,3H2,1-2H3,(H,22,26). The third-order valence-corrected chi connectivity index (χ3v) is 5.98. The summed E-state index contributed by atoms with van der Waals surface area (Å²) >= 11 is 1.41. The molecule has 0 saturated carbocycles. The molecule has 0 aliphatic rings. The number of hydrogen-bond donors (Lipinski definition) is 2. The molecule has 154 valence electrons. The van der Waals surface area contributed by atoms with Crippen LogP contribution in [-0.4, -0.2) is 30.1 Å². The van der Waals surface area contributed by atoms with E-state index in [0.29, 0.717) is 17.1 Å². The zero-order chi connectivity index (χ0) is 21.3. The van der Waals surface area contributed by atoms with E-state index >= 15 is 0 Å². The highest BCUT2D eigenvalue weighted by molar-refractivity contribution is 7.92. The van der Waals surface area contributed by atoms with E-state index in [1.165, 1.54) is 11.3 Å². The van der Waals surface area contributed by atoms with E-state index in [1.54, 1.807) is 29.6 Å². The Labute approximate surface area is 178 Å². The second-order valence-corrected chi connectivity index (χ2v) is 9.39. The number of sulfonamides is 1. The molecule has 9 heteroatoms. The largest absolute Gasteiger partial charge is 0.339 e. The van der Waals surface area contributed by atoms with E-state index in [1.807, 2.05) is 12.1 Å². The summed E-state index contributed by atoms with van der Waals surface area (Å²) in [6.45, 7) is 2.87. The predicted molar refractivity (Wildman–Crippen MR) is 122 cm³/mol. The molecule has 2 heterocycles. The minimum Gasteiger partial charge on any atom is -0.339 e. The molecule has 2 N–H and O–H groups in total. The fourth-order valence-electron chi connectivity index (χ4n) is 3.29. The Morgan fingerprint density at radius 2 is 1.87 bits per heavy atom. The maximum Gasteiger partial charge on any atom is 0.275 e. The van der Waals surface area contributed by atoms with Crippen molar-refractivity contribution in [3.8, 4) is 10.7 Å². The number of carbonyl (C=O) groups is 1. The van der Waals surface area contributed by atoms with Crippen molar-refractivity contribution >= 4 is 49.5 Å². The van der Waals surface area contributed by atoms with Crippen molar-refractivity contribution in [2.75, 3.05) is 16.3 Å². The second kappa shape index (κ2) is 7.92. The molecule has 4 rings (SSSR count). The summed E-state index contributed by atoms with van der Waals surface area (Å²) < 4.78 is 27.4. The van der Waals surface area contributed by atoms with Gasteiger partial charge in [0.05, 0.1) is 17.6 Å². The smallest absolute Gasteiger partial charge is 0.275 e. The molecule has 0 atom stereocenters. The monoisotopic (exact) mass is 440 g/mol. The van der Waals surface area contributed by atoms with Gasteiger partial charge in [0.1, 0.15) is 10.7 Å². The SMILES string of the molecule is CCn1c(-c2nc(C(=O)Nc3cccc(NS(C)(=O)=O)c3)cs2)cc2ccccc21. The summed E-state index contributed by atoms with van der Waals surface area (Å²) in [6.07, 6.45) is 1.07. The number of thiazole rings is 1. The lowest BCUT2D eigenvalue weighted by Gasteiger charge is -2.07. The molecular weight excluding hydrogens is 420 g/mol. The van der Waals surface area contributed by atoms with Crippen molar-refractivity contribution in [3.05, 3.63) is 65.7 Å². The molecule has 0 saturated heterocycles. The van der Waals surface area contributed by atoms with Crippen molar-refractivity contribution < 1.29 is 13.2 Å². The van der Waals surface area contributed by atoms with Crippen LogP contribution in [0.5, 0.6) is 0 Å². The lowest BCUT2D eigenvalue weighted by molar-refractivity contribution is 0.102. The van der Waals surface area contributed by atoms with Crippen molar-refractivity contribution in [1.29, 1.82) is 0 Å². The molecular formula is C21H20N4O3S2. The molecule has 0 aliphatic heterocycles. The predicted octanol–water partition coefficient (Wildman–Crippen LogP) is 4.41. The third kappa shape index (κ3) is 4.22. The highest BCUT2D eigenvalue weighted by atomic mass is 32.2. The minimum atomic E-state index is -3.40. The van der Waals surface area contributed by atoms with Crippen molar-refractivity contribution in [3.63, 3.8) is 0 Å². The van der Waals surface area contributed by atoms with E-state index < -0.39 is 10.0 Å². The molecule has 30 heavy (non-hydrogen) atoms. The van der Waals surface area contributed by atoms with Gasteiger partial charge in [0.25, 0.3) is 5.91 Å². The number of amides is 1. The number of nitrogens with one attached hydrogen (secondary N) is 2. The van der Waals surface area contributed by atoms with Crippen LogP contribution >= 0.6 is 11.3 Å². The first-order valence-electron chi connectivity index (χ1n) is 9.27. The second-order valence-electron chi connectivity index (χ2n) is 6.78. The number of aryl methyl sites for hydroxylation is 1. The summed E-state index contributed by atoms with van der Waals surface area (Å²) in [5.41, 5.74) is 3.27. The number of benzene rings is 2. The van der Waals surface area contributed by atoms with Crippen molar-refractivity contribution in [1.82, 2.24) is 9.55 Å². The van der Waals surface area contributed by atoms with Crippen LogP contribution in [0.2, 0.25) is 0 Å². The summed E-state index contributed by atoms with van der Waals surface area (Å²) in [5, 5.41) is 6.39. The average Bonchev–Trinajstić information content (AvgIpc) is 3.31. The molecule has 0 bridgehead atoms. The number of rotatable bonds is 6. The van der Waals surface area contributed by atoms with Gasteiger partial charge in [-0.1, -0.05) is 24.3 Å². The maximum absolute atomic E-state index is 12.7. The van der Waals surface area contributed by atoms with Gasteiger partial charge in [-0.25, -0.2) is 13.4 Å². The van der Waals surface area contributed by atoms with Gasteiger partial charge in [0.15, 0.2) is 0 Å². The van der Waals surface area contributed by atoms with Crippen molar-refractivity contribution in [2.45, 2.75) is 13.5 Å². The van der Waals surface area contributed by atoms with Gasteiger partial charge in [-0.2, -0.15) is 0 Å². The quantitative estimate of drug-likeness (QED) is 0.464. The Morgan fingerprint density at radius 1 is 1.10 bits per heavy atom. The first kappa shape index (κ1) is 20.1. The van der Waals surface area contributed by atoms with Crippen LogP contribution in [0.15, 0.2) is 60.0 Å². The number of hydrogen-bond acceptors (Lipinski definition) is 5. The lowest BCUT2D eigenvalue weighted by atomic mass is 10.2. The first-order chi connectivity index (χ1) is 14.3. The number of anilines is 2. The van der Waals surface area contributed by atoms with Crippen LogP contribution < -0.4 is 10.0 Å². The molecule has 2 aromatic heterocycles. The van der Waals surface area contributed by atoms with Crippen LogP contribution in [0, 0.1) is 0 Å². The molecule has 0 aliphatic carbocycles. The van der Waals surface area contributed by atoms with E-state index in [2.05, 4.69) is 44.7 Å². The Kier molecular flexibility index (Phi) is 5.31. The Hall–Kier alpha value is -3.17. The lowest BCUT2D eigenvalue weighted by Crippen LogP contribution is -2.13. The molecule has 0 fully saturated rings. The normalized spacial score (nSPS) is 11.5. The molecule has 0 spiro atoms. The summed E-state index contributed by atoms with van der Waals surface area (Å²) in [5.74, 6) is -0.354. The molecule has 1 amide bonds. The van der Waals surface area contributed by atoms with E-state index in [4.69, 9.17) is 0 Å². The fraction of sp³-hybridized carbons (Fsp3) is 0.143. The Morgan fingerprint density at radius 3 is 2.63 bits per heavy atom. The Bertz CT molecular complexity index is 1340. The van der Waals surface area contributed by atoms with Crippen LogP contribution in [0.25, 0.3) is 21.6 Å². The number of para-hydroxylation sites is 1. The molecule has 0 unspecified atom stereocenters. The average molecular weight is 441 g/mol. The van der Waals surface area contributed by atoms with Gasteiger partial charge < -0.3 is 9.88 Å². The fourth-order valence-corrected chi connectivity index (χ4v) is 4.67. The van der Waals surface area contributed by atoms with Gasteiger partial charge >= 0.3 is 0 Å². The molecule has 2 aromatic carbocycles. The molecule has 7 nitrogen and oxygen atoms in total. The van der Waals surface area contributed by atoms with Gasteiger partial charge in [-0.05, 0) is 37.3 Å². The highest BCUT2D eigenvalue weighted by Crippen LogP contribution is 2.30. The van der Waals surface area contributed by atoms with Crippen LogP contribution in [0.1, 0.15) is 17.4 Å². The molecule has 0 radical (unpaired) electrons. The van der Waals surface area contributed by atoms with E-state index in [0.717, 1.165) is 34.4 Å². The van der Waals surface area contributed by atoms with E-state index in [-0.39, 0.29) is 5.91 Å². The summed E-state index contributed by atoms with van der Waals surface area (Å²) in [4.78, 5) is 17.2. The van der Waals surface area contributed by atoms with Gasteiger partial charge in [0, 0.05) is 28.5 Å². The number of nitrogens with zero attached hydrogens (tertiary/aromatic N) is 2. The van der Waals surface area contributed by atoms with Crippen LogP contribution in [0.3, 0.4) is 0 Å². The number of aromatic nitrogens is 2. The van der Waals surface area contributed by atoms with Gasteiger partial charge in [-0.15, -0.1) is 11.3 Å². The summed E-state index contributed by atoms with van der Waals surface area (Å²) in [7, 11) is -3.40. The summed E-state index contributed by atoms with van der Waals surface area (Å²) in [6, 6.07) is 16.7. The Balaban J connectivity index is 1.58. The van der Waals surface area contributed by atoms with Gasteiger partial charge in [0.2, 0.25) is 10.0 Å². The van der Waals surface area contributed by atoms with Gasteiger partial charge in [-0.3, -0.25) is 9.52 Å². The highest BCUT2D eigenvalue weighted by Gasteiger charge is 2.16. The van der Waals surface area contributed by atoms with Crippen LogP contribution in [0.4, 0.5) is 11.4 Å². The minimum absolute atomic E-state index is 0.310. The number of fused-ring (bicyclic) bond motifs is 1. The third-order valence-electron chi connectivity index (χ3n) is 4.51. The van der Waals surface area contributed by atoms with Crippen molar-refractivity contribution in [2.24, 2.45) is 0 Å². The zero-order valence-electron chi connectivity index (χ0n) is 16.4. The maximum atomic E-state index is 12.7. The topological polar surface area (TPSA) is 93.1 Å². The first-order valence-corrected chi connectivity index (χ1v) is 12.0. The van der Waals surface area contributed by atoms with E-state index in [9.17, 15) is 13.2 Å². The molecule has 4 aromatic rings. The number of carbonyl (C=O) groups excluding carboxylic acids is 1. The van der Waals surface area contributed by atoms with Crippen LogP contribution in [-0.2, 0) is 16.6 Å². The zero-order valence-corrected chi connectivity index (χ0v) is 18.0.